The molecule has 0 atom stereocenters. The molecule has 0 bridgehead atoms. The van der Waals surface area contributed by atoms with Crippen molar-refractivity contribution >= 4 is 25.8 Å². The van der Waals surface area contributed by atoms with Crippen LogP contribution in [0.1, 0.15) is 38.5 Å². The van der Waals surface area contributed by atoms with Crippen molar-refractivity contribution in [3.63, 3.8) is 0 Å². The van der Waals surface area contributed by atoms with Gasteiger partial charge < -0.3 is 9.84 Å². The molecular weight excluding hydrogens is 454 g/mol. The van der Waals surface area contributed by atoms with Crippen molar-refractivity contribution in [2.45, 2.75) is 32.5 Å². The van der Waals surface area contributed by atoms with E-state index in [0.717, 1.165) is 22.3 Å². The van der Waals surface area contributed by atoms with Crippen LogP contribution >= 0.6 is 0 Å². The summed E-state index contributed by atoms with van der Waals surface area (Å²) in [5.74, 6) is 2.05. The SMILES string of the molecule is Cc1c(C#C[Si](C)(C)C)cc(N(C)C(=O)OCC2c3ccccc3-c3ccccc32)cc1C(=O)O. The zero-order valence-corrected chi connectivity index (χ0v) is 21.7. The molecule has 0 unspecified atom stereocenters. The van der Waals surface area contributed by atoms with E-state index < -0.39 is 20.1 Å². The molecule has 1 aliphatic carbocycles. The summed E-state index contributed by atoms with van der Waals surface area (Å²) in [5.41, 5.74) is 9.64. The summed E-state index contributed by atoms with van der Waals surface area (Å²) in [6.07, 6.45) is -0.545. The smallest absolute Gasteiger partial charge is 0.414 e. The quantitative estimate of drug-likeness (QED) is 0.349. The van der Waals surface area contributed by atoms with Gasteiger partial charge in [-0.05, 0) is 46.9 Å². The maximum atomic E-state index is 13.0. The molecule has 1 N–H and O–H groups in total. The van der Waals surface area contributed by atoms with Gasteiger partial charge in [-0.3, -0.25) is 4.90 Å². The molecule has 0 fully saturated rings. The number of rotatable bonds is 4. The van der Waals surface area contributed by atoms with E-state index in [0.29, 0.717) is 16.8 Å². The summed E-state index contributed by atoms with van der Waals surface area (Å²) in [6, 6.07) is 19.6. The van der Waals surface area contributed by atoms with Crippen LogP contribution in [0.4, 0.5) is 10.5 Å². The lowest BCUT2D eigenvalue weighted by Crippen LogP contribution is -2.29. The number of nitrogens with zero attached hydrogens (tertiary/aromatic N) is 1. The predicted octanol–water partition coefficient (Wildman–Crippen LogP) is 6.31. The second kappa shape index (κ2) is 9.44. The first-order chi connectivity index (χ1) is 16.6. The Labute approximate surface area is 207 Å². The van der Waals surface area contributed by atoms with Crippen LogP contribution < -0.4 is 4.90 Å². The minimum absolute atomic E-state index is 0.0504. The van der Waals surface area contributed by atoms with Gasteiger partial charge in [-0.25, -0.2) is 9.59 Å². The molecule has 0 aromatic heterocycles. The second-order valence-electron chi connectivity index (χ2n) is 9.83. The lowest BCUT2D eigenvalue weighted by molar-refractivity contribution is 0.0696. The summed E-state index contributed by atoms with van der Waals surface area (Å²) in [6.45, 7) is 8.31. The maximum Gasteiger partial charge on any atom is 0.414 e. The third kappa shape index (κ3) is 5.01. The molecule has 0 radical (unpaired) electrons. The Kier molecular flexibility index (Phi) is 6.55. The van der Waals surface area contributed by atoms with Crippen molar-refractivity contribution < 1.29 is 19.4 Å². The lowest BCUT2D eigenvalue weighted by atomic mass is 9.98. The molecule has 0 saturated carbocycles. The number of fused-ring (bicyclic) bond motifs is 3. The molecule has 178 valence electrons. The van der Waals surface area contributed by atoms with E-state index in [9.17, 15) is 14.7 Å². The first kappa shape index (κ1) is 24.3. The molecule has 0 heterocycles. The molecule has 3 aromatic rings. The number of amides is 1. The van der Waals surface area contributed by atoms with Crippen LogP contribution in [0.15, 0.2) is 60.7 Å². The number of anilines is 1. The number of carbonyl (C=O) groups excluding carboxylic acids is 1. The molecule has 0 spiro atoms. The largest absolute Gasteiger partial charge is 0.478 e. The fourth-order valence-corrected chi connectivity index (χ4v) is 4.81. The number of benzene rings is 3. The van der Waals surface area contributed by atoms with Crippen LogP contribution in [0.25, 0.3) is 11.1 Å². The molecule has 4 rings (SSSR count). The van der Waals surface area contributed by atoms with Gasteiger partial charge >= 0.3 is 12.1 Å². The summed E-state index contributed by atoms with van der Waals surface area (Å²) >= 11 is 0. The van der Waals surface area contributed by atoms with Gasteiger partial charge in [0.05, 0.1) is 5.56 Å². The van der Waals surface area contributed by atoms with Gasteiger partial charge in [-0.15, -0.1) is 5.54 Å². The lowest BCUT2D eigenvalue weighted by Gasteiger charge is -2.21. The van der Waals surface area contributed by atoms with Crippen LogP contribution in [0.3, 0.4) is 0 Å². The fraction of sp³-hybridized carbons (Fsp3) is 0.241. The van der Waals surface area contributed by atoms with Crippen molar-refractivity contribution in [1.29, 1.82) is 0 Å². The number of carboxylic acids is 1. The Balaban J connectivity index is 1.59. The van der Waals surface area contributed by atoms with E-state index in [-0.39, 0.29) is 18.1 Å². The Morgan fingerprint density at radius 3 is 2.11 bits per heavy atom. The highest BCUT2D eigenvalue weighted by Crippen LogP contribution is 2.44. The number of hydrogen-bond donors (Lipinski definition) is 1. The molecule has 3 aromatic carbocycles. The van der Waals surface area contributed by atoms with Crippen LogP contribution in [0, 0.1) is 18.4 Å². The summed E-state index contributed by atoms with van der Waals surface area (Å²) in [7, 11) is -0.0854. The minimum atomic E-state index is -1.67. The van der Waals surface area contributed by atoms with Gasteiger partial charge in [0.2, 0.25) is 0 Å². The predicted molar refractivity (Wildman–Crippen MR) is 142 cm³/mol. The van der Waals surface area contributed by atoms with Gasteiger partial charge in [-0.1, -0.05) is 74.1 Å². The zero-order chi connectivity index (χ0) is 25.3. The number of aromatic carboxylic acids is 1. The Morgan fingerprint density at radius 1 is 1.00 bits per heavy atom. The van der Waals surface area contributed by atoms with Crippen LogP contribution in [0.5, 0.6) is 0 Å². The summed E-state index contributed by atoms with van der Waals surface area (Å²) in [5, 5.41) is 9.72. The topological polar surface area (TPSA) is 66.8 Å². The van der Waals surface area contributed by atoms with Crippen LogP contribution in [-0.4, -0.2) is 38.9 Å². The Bertz CT molecular complexity index is 1330. The molecule has 5 nitrogen and oxygen atoms in total. The van der Waals surface area contributed by atoms with Gasteiger partial charge in [0.25, 0.3) is 0 Å². The highest BCUT2D eigenvalue weighted by molar-refractivity contribution is 6.83. The van der Waals surface area contributed by atoms with Crippen molar-refractivity contribution in [1.82, 2.24) is 0 Å². The van der Waals surface area contributed by atoms with Crippen LogP contribution in [-0.2, 0) is 4.74 Å². The molecule has 35 heavy (non-hydrogen) atoms. The number of carbonyl (C=O) groups is 2. The molecule has 1 amide bonds. The molecule has 1 aliphatic rings. The first-order valence-electron chi connectivity index (χ1n) is 11.6. The highest BCUT2D eigenvalue weighted by Gasteiger charge is 2.29. The zero-order valence-electron chi connectivity index (χ0n) is 20.7. The Morgan fingerprint density at radius 2 is 1.57 bits per heavy atom. The van der Waals surface area contributed by atoms with Crippen molar-refractivity contribution in [3.8, 4) is 22.6 Å². The normalized spacial score (nSPS) is 12.3. The van der Waals surface area contributed by atoms with E-state index in [1.54, 1.807) is 20.0 Å². The minimum Gasteiger partial charge on any atom is -0.478 e. The first-order valence-corrected chi connectivity index (χ1v) is 15.1. The molecule has 6 heteroatoms. The van der Waals surface area contributed by atoms with E-state index in [1.807, 2.05) is 24.3 Å². The fourth-order valence-electron chi connectivity index (χ4n) is 4.30. The number of hydrogen-bond acceptors (Lipinski definition) is 3. The summed E-state index contributed by atoms with van der Waals surface area (Å²) < 4.78 is 5.75. The van der Waals surface area contributed by atoms with E-state index in [1.165, 1.54) is 11.0 Å². The van der Waals surface area contributed by atoms with Gasteiger partial charge in [0.15, 0.2) is 0 Å². The monoisotopic (exact) mass is 483 g/mol. The van der Waals surface area contributed by atoms with E-state index in [4.69, 9.17) is 4.74 Å². The summed E-state index contributed by atoms with van der Waals surface area (Å²) in [4.78, 5) is 26.3. The number of ether oxygens (including phenoxy) is 1. The second-order valence-corrected chi connectivity index (χ2v) is 14.6. The highest BCUT2D eigenvalue weighted by atomic mass is 28.3. The third-order valence-corrected chi connectivity index (χ3v) is 7.07. The average Bonchev–Trinajstić information content (AvgIpc) is 3.14. The molecule has 0 aliphatic heterocycles. The van der Waals surface area contributed by atoms with Crippen molar-refractivity contribution in [2.75, 3.05) is 18.6 Å². The maximum absolute atomic E-state index is 13.0. The van der Waals surface area contributed by atoms with Gasteiger partial charge in [0, 0.05) is 24.2 Å². The standard InChI is InChI=1S/C29H29NO4Si/c1-19-20(14-15-35(3,4)5)16-21(17-26(19)28(31)32)30(2)29(33)34-18-27-24-12-8-6-10-22(24)23-11-7-9-13-25(23)27/h6-13,16-17,27H,18H2,1-5H3,(H,31,32). The number of carboxylic acid groups (broad SMARTS) is 1. The third-order valence-electron chi connectivity index (χ3n) is 6.19. The van der Waals surface area contributed by atoms with Crippen molar-refractivity contribution in [2.24, 2.45) is 0 Å². The Hall–Kier alpha value is -3.82. The van der Waals surface area contributed by atoms with Gasteiger partial charge in [-0.2, -0.15) is 0 Å². The molecule has 0 saturated heterocycles. The van der Waals surface area contributed by atoms with E-state index in [2.05, 4.69) is 55.4 Å². The van der Waals surface area contributed by atoms with E-state index >= 15 is 0 Å². The van der Waals surface area contributed by atoms with Crippen LogP contribution in [0.2, 0.25) is 19.6 Å². The van der Waals surface area contributed by atoms with Crippen molar-refractivity contribution in [3.05, 3.63) is 88.5 Å². The average molecular weight is 484 g/mol. The molecular formula is C29H29NO4Si. The van der Waals surface area contributed by atoms with Gasteiger partial charge in [0.1, 0.15) is 14.7 Å².